The molecule has 112 valence electrons. The highest BCUT2D eigenvalue weighted by atomic mass is 19.1. The van der Waals surface area contributed by atoms with Crippen LogP contribution in [-0.4, -0.2) is 18.1 Å². The number of anilines is 1. The van der Waals surface area contributed by atoms with Gasteiger partial charge in [0.15, 0.2) is 0 Å². The number of para-hydroxylation sites is 1. The van der Waals surface area contributed by atoms with Gasteiger partial charge in [0.1, 0.15) is 5.82 Å². The SMILES string of the molecule is CCC(N)Cc1cccc(F)c1N(C)Cc1cccnc1. The standard InChI is InChI=1S/C17H22FN3/c1-3-15(19)10-14-7-4-8-16(18)17(14)21(2)12-13-6-5-9-20-11-13/h4-9,11,15H,3,10,12,19H2,1-2H3. The molecule has 2 aromatic rings. The van der Waals surface area contributed by atoms with Crippen LogP contribution in [0.25, 0.3) is 0 Å². The van der Waals surface area contributed by atoms with Gasteiger partial charge in [-0.3, -0.25) is 4.98 Å². The van der Waals surface area contributed by atoms with Crippen LogP contribution in [0.2, 0.25) is 0 Å². The van der Waals surface area contributed by atoms with Gasteiger partial charge in [0.25, 0.3) is 0 Å². The smallest absolute Gasteiger partial charge is 0.146 e. The summed E-state index contributed by atoms with van der Waals surface area (Å²) in [6.07, 6.45) is 5.09. The Balaban J connectivity index is 2.24. The van der Waals surface area contributed by atoms with Crippen molar-refractivity contribution in [2.24, 2.45) is 5.73 Å². The summed E-state index contributed by atoms with van der Waals surface area (Å²) in [6, 6.07) is 9.12. The predicted octanol–water partition coefficient (Wildman–Crippen LogP) is 3.14. The molecule has 0 aliphatic carbocycles. The zero-order valence-electron chi connectivity index (χ0n) is 12.6. The van der Waals surface area contributed by atoms with Gasteiger partial charge in [-0.25, -0.2) is 4.39 Å². The topological polar surface area (TPSA) is 42.1 Å². The summed E-state index contributed by atoms with van der Waals surface area (Å²) in [6.45, 7) is 2.66. The molecule has 0 bridgehead atoms. The summed E-state index contributed by atoms with van der Waals surface area (Å²) in [7, 11) is 1.90. The molecule has 2 N–H and O–H groups in total. The lowest BCUT2D eigenvalue weighted by molar-refractivity contribution is 0.609. The second-order valence-corrected chi connectivity index (χ2v) is 5.34. The number of aromatic nitrogens is 1. The van der Waals surface area contributed by atoms with E-state index >= 15 is 0 Å². The molecular weight excluding hydrogens is 265 g/mol. The molecule has 0 aliphatic rings. The first kappa shape index (κ1) is 15.4. The van der Waals surface area contributed by atoms with E-state index in [0.29, 0.717) is 18.7 Å². The van der Waals surface area contributed by atoms with E-state index in [2.05, 4.69) is 4.98 Å². The van der Waals surface area contributed by atoms with Crippen molar-refractivity contribution in [2.75, 3.05) is 11.9 Å². The number of benzene rings is 1. The maximum absolute atomic E-state index is 14.3. The molecule has 21 heavy (non-hydrogen) atoms. The molecule has 0 radical (unpaired) electrons. The highest BCUT2D eigenvalue weighted by Crippen LogP contribution is 2.26. The number of rotatable bonds is 6. The van der Waals surface area contributed by atoms with Crippen LogP contribution in [0.1, 0.15) is 24.5 Å². The Kier molecular flexibility index (Phi) is 5.28. The van der Waals surface area contributed by atoms with Crippen LogP contribution in [0.5, 0.6) is 0 Å². The minimum Gasteiger partial charge on any atom is -0.368 e. The summed E-state index contributed by atoms with van der Waals surface area (Å²) >= 11 is 0. The van der Waals surface area contributed by atoms with Crippen LogP contribution < -0.4 is 10.6 Å². The van der Waals surface area contributed by atoms with Gasteiger partial charge < -0.3 is 10.6 Å². The first-order valence-corrected chi connectivity index (χ1v) is 7.24. The maximum Gasteiger partial charge on any atom is 0.146 e. The minimum absolute atomic E-state index is 0.0531. The van der Waals surface area contributed by atoms with Gasteiger partial charge >= 0.3 is 0 Å². The fourth-order valence-electron chi connectivity index (χ4n) is 2.42. The molecule has 4 heteroatoms. The molecule has 1 aromatic carbocycles. The van der Waals surface area contributed by atoms with E-state index in [0.717, 1.165) is 17.5 Å². The summed E-state index contributed by atoms with van der Waals surface area (Å²) in [5, 5.41) is 0. The number of halogens is 1. The molecule has 1 heterocycles. The van der Waals surface area contributed by atoms with Crippen LogP contribution in [0.4, 0.5) is 10.1 Å². The van der Waals surface area contributed by atoms with Crippen molar-refractivity contribution in [3.05, 3.63) is 59.7 Å². The van der Waals surface area contributed by atoms with Crippen molar-refractivity contribution >= 4 is 5.69 Å². The van der Waals surface area contributed by atoms with E-state index < -0.39 is 0 Å². The van der Waals surface area contributed by atoms with Gasteiger partial charge in [-0.1, -0.05) is 25.1 Å². The lowest BCUT2D eigenvalue weighted by Crippen LogP contribution is -2.25. The Labute approximate surface area is 125 Å². The molecule has 2 rings (SSSR count). The van der Waals surface area contributed by atoms with Crippen molar-refractivity contribution in [3.63, 3.8) is 0 Å². The van der Waals surface area contributed by atoms with Crippen molar-refractivity contribution < 1.29 is 4.39 Å². The zero-order valence-corrected chi connectivity index (χ0v) is 12.6. The maximum atomic E-state index is 14.3. The van der Waals surface area contributed by atoms with Gasteiger partial charge in [0.2, 0.25) is 0 Å². The Bertz CT molecular complexity index is 572. The molecule has 0 amide bonds. The summed E-state index contributed by atoms with van der Waals surface area (Å²) in [5.74, 6) is -0.206. The first-order valence-electron chi connectivity index (χ1n) is 7.24. The Morgan fingerprint density at radius 3 is 2.76 bits per heavy atom. The van der Waals surface area contributed by atoms with Crippen LogP contribution in [0.15, 0.2) is 42.7 Å². The van der Waals surface area contributed by atoms with E-state index in [9.17, 15) is 4.39 Å². The molecule has 0 saturated carbocycles. The number of hydrogen-bond donors (Lipinski definition) is 1. The number of hydrogen-bond acceptors (Lipinski definition) is 3. The second kappa shape index (κ2) is 7.18. The van der Waals surface area contributed by atoms with E-state index in [-0.39, 0.29) is 11.9 Å². The van der Waals surface area contributed by atoms with Crippen LogP contribution >= 0.6 is 0 Å². The molecule has 1 aromatic heterocycles. The monoisotopic (exact) mass is 287 g/mol. The number of nitrogens with two attached hydrogens (primary N) is 1. The minimum atomic E-state index is -0.206. The lowest BCUT2D eigenvalue weighted by atomic mass is 10.0. The van der Waals surface area contributed by atoms with Crippen LogP contribution in [0, 0.1) is 5.82 Å². The molecule has 0 aliphatic heterocycles. The molecule has 1 atom stereocenters. The Hall–Kier alpha value is -1.94. The van der Waals surface area contributed by atoms with E-state index in [1.54, 1.807) is 18.5 Å². The number of pyridine rings is 1. The molecule has 0 spiro atoms. The highest BCUT2D eigenvalue weighted by molar-refractivity contribution is 5.55. The lowest BCUT2D eigenvalue weighted by Gasteiger charge is -2.24. The van der Waals surface area contributed by atoms with E-state index in [1.807, 2.05) is 37.1 Å². The van der Waals surface area contributed by atoms with Crippen molar-refractivity contribution in [3.8, 4) is 0 Å². The fraction of sp³-hybridized carbons (Fsp3) is 0.353. The average Bonchev–Trinajstić information content (AvgIpc) is 2.48. The van der Waals surface area contributed by atoms with E-state index in [1.165, 1.54) is 6.07 Å². The Morgan fingerprint density at radius 1 is 1.29 bits per heavy atom. The first-order chi connectivity index (χ1) is 10.1. The van der Waals surface area contributed by atoms with Crippen LogP contribution in [0.3, 0.4) is 0 Å². The van der Waals surface area contributed by atoms with Gasteiger partial charge in [-0.05, 0) is 36.1 Å². The van der Waals surface area contributed by atoms with Crippen molar-refractivity contribution in [1.29, 1.82) is 0 Å². The normalized spacial score (nSPS) is 12.2. The largest absolute Gasteiger partial charge is 0.368 e. The second-order valence-electron chi connectivity index (χ2n) is 5.34. The molecule has 1 unspecified atom stereocenters. The summed E-state index contributed by atoms with van der Waals surface area (Å²) < 4.78 is 14.3. The third kappa shape index (κ3) is 4.02. The highest BCUT2D eigenvalue weighted by Gasteiger charge is 2.15. The zero-order chi connectivity index (χ0) is 15.2. The third-order valence-corrected chi connectivity index (χ3v) is 3.60. The van der Waals surface area contributed by atoms with Gasteiger partial charge in [0.05, 0.1) is 5.69 Å². The van der Waals surface area contributed by atoms with Crippen LogP contribution in [-0.2, 0) is 13.0 Å². The van der Waals surface area contributed by atoms with Gasteiger partial charge in [0, 0.05) is 32.0 Å². The molecule has 0 fully saturated rings. The summed E-state index contributed by atoms with van der Waals surface area (Å²) in [5.41, 5.74) is 8.66. The van der Waals surface area contributed by atoms with Crippen molar-refractivity contribution in [2.45, 2.75) is 32.4 Å². The molecule has 0 saturated heterocycles. The molecule has 3 nitrogen and oxygen atoms in total. The number of nitrogens with zero attached hydrogens (tertiary/aromatic N) is 2. The van der Waals surface area contributed by atoms with Crippen molar-refractivity contribution in [1.82, 2.24) is 4.98 Å². The van der Waals surface area contributed by atoms with Gasteiger partial charge in [-0.15, -0.1) is 0 Å². The predicted molar refractivity (Wildman–Crippen MR) is 84.7 cm³/mol. The average molecular weight is 287 g/mol. The summed E-state index contributed by atoms with van der Waals surface area (Å²) in [4.78, 5) is 6.02. The molecular formula is C17H22FN3. The third-order valence-electron chi connectivity index (χ3n) is 3.60. The van der Waals surface area contributed by atoms with Gasteiger partial charge in [-0.2, -0.15) is 0 Å². The van der Waals surface area contributed by atoms with E-state index in [4.69, 9.17) is 5.73 Å². The quantitative estimate of drug-likeness (QED) is 0.887. The Morgan fingerprint density at radius 2 is 2.10 bits per heavy atom. The fourth-order valence-corrected chi connectivity index (χ4v) is 2.42.